The van der Waals surface area contributed by atoms with Gasteiger partial charge >= 0.3 is 0 Å². The summed E-state index contributed by atoms with van der Waals surface area (Å²) in [6.07, 6.45) is 0.0818. The van der Waals surface area contributed by atoms with Crippen LogP contribution in [-0.2, 0) is 4.79 Å². The van der Waals surface area contributed by atoms with Gasteiger partial charge in [-0.1, -0.05) is 67.6 Å². The molecule has 0 saturated heterocycles. The van der Waals surface area contributed by atoms with E-state index in [0.717, 1.165) is 28.5 Å². The first-order valence-electron chi connectivity index (χ1n) is 8.74. The summed E-state index contributed by atoms with van der Waals surface area (Å²) in [4.78, 5) is 12.3. The number of rotatable bonds is 6. The van der Waals surface area contributed by atoms with E-state index in [1.54, 1.807) is 6.92 Å². The number of hydrazone groups is 1. The SMILES string of the molecule is CC/C(=N\NC(=O)[C@@H](C)Oc1ccc2ccccc2c1)c1ccccc1. The normalized spacial score (nSPS) is 12.6. The summed E-state index contributed by atoms with van der Waals surface area (Å²) in [6.45, 7) is 3.72. The van der Waals surface area contributed by atoms with E-state index in [2.05, 4.69) is 10.5 Å². The molecule has 0 radical (unpaired) electrons. The number of carbonyl (C=O) groups excluding carboxylic acids is 1. The molecule has 132 valence electrons. The van der Waals surface area contributed by atoms with Gasteiger partial charge in [-0.05, 0) is 41.8 Å². The average Bonchev–Trinajstić information content (AvgIpc) is 2.69. The van der Waals surface area contributed by atoms with Gasteiger partial charge in [0.25, 0.3) is 5.91 Å². The van der Waals surface area contributed by atoms with Gasteiger partial charge in [0, 0.05) is 0 Å². The molecule has 0 bridgehead atoms. The van der Waals surface area contributed by atoms with Crippen LogP contribution in [0.3, 0.4) is 0 Å². The lowest BCUT2D eigenvalue weighted by molar-refractivity contribution is -0.127. The molecule has 0 aliphatic heterocycles. The van der Waals surface area contributed by atoms with E-state index < -0.39 is 6.10 Å². The van der Waals surface area contributed by atoms with Crippen LogP contribution < -0.4 is 10.2 Å². The van der Waals surface area contributed by atoms with Crippen molar-refractivity contribution in [3.8, 4) is 5.75 Å². The molecule has 1 amide bonds. The topological polar surface area (TPSA) is 50.7 Å². The predicted octanol–water partition coefficient (Wildman–Crippen LogP) is 4.54. The Bertz CT molecular complexity index is 920. The maximum Gasteiger partial charge on any atom is 0.280 e. The second-order valence-electron chi connectivity index (χ2n) is 6.02. The fourth-order valence-electron chi connectivity index (χ4n) is 2.69. The van der Waals surface area contributed by atoms with Crippen molar-refractivity contribution < 1.29 is 9.53 Å². The number of hydrogen-bond donors (Lipinski definition) is 1. The van der Waals surface area contributed by atoms with Crippen molar-refractivity contribution in [2.24, 2.45) is 5.10 Å². The van der Waals surface area contributed by atoms with E-state index >= 15 is 0 Å². The maximum absolute atomic E-state index is 12.3. The number of amides is 1. The Hall–Kier alpha value is -3.14. The van der Waals surface area contributed by atoms with Gasteiger partial charge in [0.05, 0.1) is 5.71 Å². The van der Waals surface area contributed by atoms with Crippen molar-refractivity contribution in [1.82, 2.24) is 5.43 Å². The Balaban J connectivity index is 1.66. The Labute approximate surface area is 153 Å². The molecule has 0 aromatic heterocycles. The molecule has 1 atom stereocenters. The first-order valence-corrected chi connectivity index (χ1v) is 8.74. The number of fused-ring (bicyclic) bond motifs is 1. The number of nitrogens with zero attached hydrogens (tertiary/aromatic N) is 1. The van der Waals surface area contributed by atoms with Crippen molar-refractivity contribution in [2.45, 2.75) is 26.4 Å². The number of benzene rings is 3. The zero-order valence-corrected chi connectivity index (χ0v) is 15.0. The zero-order valence-electron chi connectivity index (χ0n) is 15.0. The zero-order chi connectivity index (χ0) is 18.4. The highest BCUT2D eigenvalue weighted by atomic mass is 16.5. The molecule has 0 heterocycles. The minimum absolute atomic E-state index is 0.278. The van der Waals surface area contributed by atoms with Crippen LogP contribution in [0.1, 0.15) is 25.8 Å². The van der Waals surface area contributed by atoms with Gasteiger partial charge in [0.15, 0.2) is 6.10 Å². The maximum atomic E-state index is 12.3. The fraction of sp³-hybridized carbons (Fsp3) is 0.182. The van der Waals surface area contributed by atoms with E-state index in [9.17, 15) is 4.79 Å². The predicted molar refractivity (Wildman–Crippen MR) is 105 cm³/mol. The van der Waals surface area contributed by atoms with Crippen LogP contribution in [0.5, 0.6) is 5.75 Å². The highest BCUT2D eigenvalue weighted by Crippen LogP contribution is 2.21. The van der Waals surface area contributed by atoms with E-state index in [1.165, 1.54) is 0 Å². The van der Waals surface area contributed by atoms with Crippen molar-refractivity contribution in [2.75, 3.05) is 0 Å². The Kier molecular flexibility index (Phi) is 5.64. The van der Waals surface area contributed by atoms with Crippen molar-refractivity contribution in [3.05, 3.63) is 78.4 Å². The fourth-order valence-corrected chi connectivity index (χ4v) is 2.69. The lowest BCUT2D eigenvalue weighted by Gasteiger charge is -2.14. The van der Waals surface area contributed by atoms with Crippen LogP contribution in [-0.4, -0.2) is 17.7 Å². The summed E-state index contributed by atoms with van der Waals surface area (Å²) < 4.78 is 5.77. The Morgan fingerprint density at radius 2 is 1.69 bits per heavy atom. The molecular weight excluding hydrogens is 324 g/mol. The summed E-state index contributed by atoms with van der Waals surface area (Å²) in [5.41, 5.74) is 4.44. The second kappa shape index (κ2) is 8.30. The standard InChI is InChI=1S/C22H22N2O2/c1-3-21(18-10-5-4-6-11-18)23-24-22(25)16(2)26-20-14-13-17-9-7-8-12-19(17)15-20/h4-16H,3H2,1-2H3,(H,24,25)/b23-21+/t16-/m1/s1. The molecule has 0 fully saturated rings. The lowest BCUT2D eigenvalue weighted by atomic mass is 10.1. The molecule has 0 saturated carbocycles. The molecular formula is C22H22N2O2. The van der Waals surface area contributed by atoms with E-state index in [0.29, 0.717) is 5.75 Å². The Morgan fingerprint density at radius 3 is 2.42 bits per heavy atom. The quantitative estimate of drug-likeness (QED) is 0.526. The van der Waals surface area contributed by atoms with Crippen molar-refractivity contribution in [3.63, 3.8) is 0 Å². The summed E-state index contributed by atoms with van der Waals surface area (Å²) in [6, 6.07) is 23.6. The van der Waals surface area contributed by atoms with Crippen molar-refractivity contribution >= 4 is 22.4 Å². The molecule has 3 aromatic carbocycles. The largest absolute Gasteiger partial charge is 0.481 e. The van der Waals surface area contributed by atoms with Crippen LogP contribution in [0.25, 0.3) is 10.8 Å². The molecule has 4 heteroatoms. The van der Waals surface area contributed by atoms with E-state index in [-0.39, 0.29) is 5.91 Å². The minimum Gasteiger partial charge on any atom is -0.481 e. The van der Waals surface area contributed by atoms with Crippen LogP contribution in [0.4, 0.5) is 0 Å². The molecule has 0 aliphatic carbocycles. The average molecular weight is 346 g/mol. The third kappa shape index (κ3) is 4.28. The Morgan fingerprint density at radius 1 is 1.00 bits per heavy atom. The van der Waals surface area contributed by atoms with Crippen LogP contribution in [0.2, 0.25) is 0 Å². The highest BCUT2D eigenvalue weighted by Gasteiger charge is 2.14. The first kappa shape index (κ1) is 17.7. The van der Waals surface area contributed by atoms with Gasteiger partial charge in [0.1, 0.15) is 5.75 Å². The smallest absolute Gasteiger partial charge is 0.280 e. The first-order chi connectivity index (χ1) is 12.7. The minimum atomic E-state index is -0.645. The van der Waals surface area contributed by atoms with Gasteiger partial charge < -0.3 is 4.74 Å². The summed E-state index contributed by atoms with van der Waals surface area (Å²) in [7, 11) is 0. The summed E-state index contributed by atoms with van der Waals surface area (Å²) in [5, 5.41) is 6.48. The van der Waals surface area contributed by atoms with Crippen molar-refractivity contribution in [1.29, 1.82) is 0 Å². The van der Waals surface area contributed by atoms with E-state index in [4.69, 9.17) is 4.74 Å². The number of nitrogens with one attached hydrogen (secondary N) is 1. The third-order valence-electron chi connectivity index (χ3n) is 4.15. The highest BCUT2D eigenvalue weighted by molar-refractivity contribution is 6.01. The molecule has 0 unspecified atom stereocenters. The van der Waals surface area contributed by atoms with Crippen LogP contribution in [0.15, 0.2) is 77.9 Å². The van der Waals surface area contributed by atoms with Gasteiger partial charge in [-0.15, -0.1) is 0 Å². The third-order valence-corrected chi connectivity index (χ3v) is 4.15. The van der Waals surface area contributed by atoms with Gasteiger partial charge in [-0.25, -0.2) is 5.43 Å². The number of carbonyl (C=O) groups is 1. The monoisotopic (exact) mass is 346 g/mol. The van der Waals surface area contributed by atoms with Crippen LogP contribution in [0, 0.1) is 0 Å². The van der Waals surface area contributed by atoms with Gasteiger partial charge in [0.2, 0.25) is 0 Å². The molecule has 4 nitrogen and oxygen atoms in total. The van der Waals surface area contributed by atoms with Gasteiger partial charge in [-0.3, -0.25) is 4.79 Å². The molecule has 1 N–H and O–H groups in total. The number of hydrogen-bond acceptors (Lipinski definition) is 3. The lowest BCUT2D eigenvalue weighted by Crippen LogP contribution is -2.34. The molecule has 0 spiro atoms. The molecule has 0 aliphatic rings. The van der Waals surface area contributed by atoms with E-state index in [1.807, 2.05) is 79.7 Å². The number of ether oxygens (including phenoxy) is 1. The summed E-state index contributed by atoms with van der Waals surface area (Å²) >= 11 is 0. The summed E-state index contributed by atoms with van der Waals surface area (Å²) in [5.74, 6) is 0.383. The molecule has 26 heavy (non-hydrogen) atoms. The molecule has 3 rings (SSSR count). The second-order valence-corrected chi connectivity index (χ2v) is 6.02. The molecule has 3 aromatic rings. The van der Waals surface area contributed by atoms with Crippen LogP contribution >= 0.6 is 0 Å². The van der Waals surface area contributed by atoms with Gasteiger partial charge in [-0.2, -0.15) is 5.10 Å².